The molecule has 2 aromatic rings. The fourth-order valence-electron chi connectivity index (χ4n) is 5.75. The van der Waals surface area contributed by atoms with E-state index in [2.05, 4.69) is 51.3 Å². The van der Waals surface area contributed by atoms with Crippen LogP contribution >= 0.6 is 23.2 Å². The van der Waals surface area contributed by atoms with Crippen molar-refractivity contribution in [2.24, 2.45) is 0 Å². The van der Waals surface area contributed by atoms with Crippen LogP contribution in [0.1, 0.15) is 63.8 Å². The van der Waals surface area contributed by atoms with E-state index in [4.69, 9.17) is 32.7 Å². The highest BCUT2D eigenvalue weighted by molar-refractivity contribution is 6.32. The second-order valence-electron chi connectivity index (χ2n) is 11.5. The van der Waals surface area contributed by atoms with Crippen molar-refractivity contribution in [1.82, 2.24) is 9.80 Å². The summed E-state index contributed by atoms with van der Waals surface area (Å²) in [6, 6.07) is 7.74. The third kappa shape index (κ3) is 6.55. The SMILES string of the molecule is C[C@@H]1CN(Cc2cc(C(C)(C)c3cc(Cl)c(O)c(CN4C[C@@H](C)O[C@@H](C)C4)c3)cc(Cl)c2O)C[C@@H](C)O1. The number of aromatic hydroxyl groups is 2. The van der Waals surface area contributed by atoms with Crippen LogP contribution in [-0.2, 0) is 28.0 Å². The maximum atomic E-state index is 10.8. The molecule has 204 valence electrons. The standard InChI is InChI=1S/C29H40Cl2N2O4/c1-17-11-32(12-18(2)36-17)15-21-7-23(9-25(30)27(21)34)29(5,6)24-8-22(28(35)26(31)10-24)16-33-13-19(3)37-20(4)14-33/h7-10,17-20,34-35H,11-16H2,1-6H3/t17-,18-,19-,20+/m1/s1. The van der Waals surface area contributed by atoms with E-state index in [9.17, 15) is 10.2 Å². The van der Waals surface area contributed by atoms with Gasteiger partial charge in [-0.15, -0.1) is 0 Å². The highest BCUT2D eigenvalue weighted by atomic mass is 35.5. The summed E-state index contributed by atoms with van der Waals surface area (Å²) in [5.74, 6) is 0.237. The van der Waals surface area contributed by atoms with Gasteiger partial charge in [-0.25, -0.2) is 0 Å². The van der Waals surface area contributed by atoms with Crippen molar-refractivity contribution in [3.05, 3.63) is 56.6 Å². The van der Waals surface area contributed by atoms with Gasteiger partial charge in [-0.1, -0.05) is 37.0 Å². The molecule has 2 heterocycles. The molecule has 2 aliphatic rings. The molecule has 2 saturated heterocycles. The number of hydrogen-bond donors (Lipinski definition) is 2. The van der Waals surface area contributed by atoms with Crippen molar-refractivity contribution in [1.29, 1.82) is 0 Å². The van der Waals surface area contributed by atoms with Gasteiger partial charge in [0.1, 0.15) is 11.5 Å². The van der Waals surface area contributed by atoms with E-state index >= 15 is 0 Å². The van der Waals surface area contributed by atoms with Gasteiger partial charge in [0.05, 0.1) is 34.5 Å². The first-order valence-corrected chi connectivity index (χ1v) is 13.9. The molecule has 0 aromatic heterocycles. The van der Waals surface area contributed by atoms with Gasteiger partial charge >= 0.3 is 0 Å². The van der Waals surface area contributed by atoms with Crippen LogP contribution in [0.2, 0.25) is 10.0 Å². The number of nitrogens with zero attached hydrogens (tertiary/aromatic N) is 2. The molecule has 4 rings (SSSR count). The molecule has 0 saturated carbocycles. The van der Waals surface area contributed by atoms with Gasteiger partial charge in [-0.3, -0.25) is 9.80 Å². The third-order valence-electron chi connectivity index (χ3n) is 7.51. The Morgan fingerprint density at radius 1 is 0.703 bits per heavy atom. The number of halogens is 2. The maximum absolute atomic E-state index is 10.8. The zero-order valence-electron chi connectivity index (χ0n) is 22.7. The van der Waals surface area contributed by atoms with Crippen molar-refractivity contribution in [2.45, 2.75) is 84.5 Å². The fourth-order valence-corrected chi connectivity index (χ4v) is 6.23. The molecule has 2 aliphatic heterocycles. The van der Waals surface area contributed by atoms with E-state index in [0.717, 1.165) is 48.4 Å². The molecule has 2 aromatic carbocycles. The third-order valence-corrected chi connectivity index (χ3v) is 8.08. The van der Waals surface area contributed by atoms with Gasteiger partial charge in [0.25, 0.3) is 0 Å². The summed E-state index contributed by atoms with van der Waals surface area (Å²) in [4.78, 5) is 4.59. The largest absolute Gasteiger partial charge is 0.506 e. The van der Waals surface area contributed by atoms with E-state index in [1.165, 1.54) is 0 Å². The zero-order valence-corrected chi connectivity index (χ0v) is 24.2. The van der Waals surface area contributed by atoms with Crippen molar-refractivity contribution >= 4 is 23.2 Å². The molecular formula is C29H40Cl2N2O4. The lowest BCUT2D eigenvalue weighted by molar-refractivity contribution is -0.0708. The Balaban J connectivity index is 1.64. The number of hydrogen-bond acceptors (Lipinski definition) is 6. The number of rotatable bonds is 6. The Labute approximate surface area is 231 Å². The fraction of sp³-hybridized carbons (Fsp3) is 0.586. The van der Waals surface area contributed by atoms with E-state index in [1.54, 1.807) is 0 Å². The van der Waals surface area contributed by atoms with Crippen LogP contribution in [0.4, 0.5) is 0 Å². The van der Waals surface area contributed by atoms with E-state index in [-0.39, 0.29) is 35.9 Å². The van der Waals surface area contributed by atoms with Crippen LogP contribution in [0.3, 0.4) is 0 Å². The number of ether oxygens (including phenoxy) is 2. The van der Waals surface area contributed by atoms with Crippen LogP contribution < -0.4 is 0 Å². The highest BCUT2D eigenvalue weighted by Crippen LogP contribution is 2.41. The second-order valence-corrected chi connectivity index (χ2v) is 12.3. The first kappa shape index (κ1) is 28.5. The van der Waals surface area contributed by atoms with E-state index in [1.807, 2.05) is 24.3 Å². The number of phenolic OH excluding ortho intramolecular Hbond substituents is 2. The smallest absolute Gasteiger partial charge is 0.138 e. The Kier molecular flexibility index (Phi) is 8.69. The molecule has 0 spiro atoms. The minimum absolute atomic E-state index is 0.119. The molecule has 37 heavy (non-hydrogen) atoms. The van der Waals surface area contributed by atoms with E-state index < -0.39 is 5.41 Å². The lowest BCUT2D eigenvalue weighted by Gasteiger charge is -2.36. The molecule has 0 unspecified atom stereocenters. The van der Waals surface area contributed by atoms with Crippen LogP contribution in [0.25, 0.3) is 0 Å². The van der Waals surface area contributed by atoms with Gasteiger partial charge in [0.2, 0.25) is 0 Å². The summed E-state index contributed by atoms with van der Waals surface area (Å²) in [6.07, 6.45) is 0.541. The Morgan fingerprint density at radius 3 is 1.35 bits per heavy atom. The van der Waals surface area contributed by atoms with Gasteiger partial charge in [0.15, 0.2) is 0 Å². The van der Waals surface area contributed by atoms with Crippen LogP contribution in [0, 0.1) is 0 Å². The predicted octanol–water partition coefficient (Wildman–Crippen LogP) is 5.95. The molecule has 2 N–H and O–H groups in total. The predicted molar refractivity (Wildman–Crippen MR) is 149 cm³/mol. The van der Waals surface area contributed by atoms with Crippen molar-refractivity contribution in [2.75, 3.05) is 26.2 Å². The molecule has 4 atom stereocenters. The second kappa shape index (κ2) is 11.3. The first-order chi connectivity index (χ1) is 17.3. The molecule has 2 fully saturated rings. The van der Waals surface area contributed by atoms with Crippen molar-refractivity contribution < 1.29 is 19.7 Å². The summed E-state index contributed by atoms with van der Waals surface area (Å²) in [5, 5.41) is 22.3. The van der Waals surface area contributed by atoms with Crippen LogP contribution in [0.5, 0.6) is 11.5 Å². The quantitative estimate of drug-likeness (QED) is 0.463. The minimum Gasteiger partial charge on any atom is -0.506 e. The maximum Gasteiger partial charge on any atom is 0.138 e. The molecule has 0 aliphatic carbocycles. The molecule has 0 radical (unpaired) electrons. The average molecular weight is 552 g/mol. The number of morpholine rings is 2. The van der Waals surface area contributed by atoms with Gasteiger partial charge in [0, 0.05) is 55.8 Å². The minimum atomic E-state index is -0.477. The monoisotopic (exact) mass is 550 g/mol. The van der Waals surface area contributed by atoms with Gasteiger partial charge < -0.3 is 19.7 Å². The van der Waals surface area contributed by atoms with Gasteiger partial charge in [-0.2, -0.15) is 0 Å². The molecule has 6 nitrogen and oxygen atoms in total. The summed E-state index contributed by atoms with van der Waals surface area (Å²) in [6.45, 7) is 16.9. The zero-order chi connectivity index (χ0) is 27.1. The lowest BCUT2D eigenvalue weighted by Crippen LogP contribution is -2.44. The molecule has 8 heteroatoms. The summed E-state index contributed by atoms with van der Waals surface area (Å²) < 4.78 is 11.7. The Hall–Kier alpha value is -1.54. The number of benzene rings is 2. The van der Waals surface area contributed by atoms with Crippen molar-refractivity contribution in [3.8, 4) is 11.5 Å². The lowest BCUT2D eigenvalue weighted by atomic mass is 9.77. The molecule has 0 amide bonds. The Morgan fingerprint density at radius 2 is 1.03 bits per heavy atom. The van der Waals surface area contributed by atoms with Crippen molar-refractivity contribution in [3.63, 3.8) is 0 Å². The molecular weight excluding hydrogens is 511 g/mol. The molecule has 0 bridgehead atoms. The summed E-state index contributed by atoms with van der Waals surface area (Å²) in [7, 11) is 0. The Bertz CT molecular complexity index is 1020. The highest BCUT2D eigenvalue weighted by Gasteiger charge is 2.30. The average Bonchev–Trinajstić information content (AvgIpc) is 2.78. The first-order valence-electron chi connectivity index (χ1n) is 13.1. The topological polar surface area (TPSA) is 65.4 Å². The summed E-state index contributed by atoms with van der Waals surface area (Å²) in [5.41, 5.74) is 3.05. The van der Waals surface area contributed by atoms with Gasteiger partial charge in [-0.05, 0) is 63.1 Å². The number of phenols is 2. The van der Waals surface area contributed by atoms with Crippen LogP contribution in [0.15, 0.2) is 24.3 Å². The summed E-state index contributed by atoms with van der Waals surface area (Å²) >= 11 is 13.1. The van der Waals surface area contributed by atoms with E-state index in [0.29, 0.717) is 23.1 Å². The normalized spacial score (nSPS) is 25.9. The van der Waals surface area contributed by atoms with Crippen LogP contribution in [-0.4, -0.2) is 70.6 Å².